The second kappa shape index (κ2) is 6.40. The second-order valence-corrected chi connectivity index (χ2v) is 10.2. The fraction of sp³-hybridized carbons (Fsp3) is 0.739. The van der Waals surface area contributed by atoms with Gasteiger partial charge in [-0.25, -0.2) is 4.99 Å². The third-order valence-corrected chi connectivity index (χ3v) is 9.55. The van der Waals surface area contributed by atoms with Gasteiger partial charge < -0.3 is 25.5 Å². The fourth-order valence-electron chi connectivity index (χ4n) is 8.84. The maximum absolute atomic E-state index is 12.4. The summed E-state index contributed by atoms with van der Waals surface area (Å²) < 4.78 is 5.39. The van der Waals surface area contributed by atoms with E-state index in [0.29, 0.717) is 17.8 Å². The Labute approximate surface area is 177 Å². The largest absolute Gasteiger partial charge is 0.545 e. The topological polar surface area (TPSA) is 112 Å². The average molecular weight is 416 g/mol. The van der Waals surface area contributed by atoms with Crippen molar-refractivity contribution in [1.29, 1.82) is 0 Å². The number of hydrogen-bond acceptors (Lipinski definition) is 5. The first-order valence-electron chi connectivity index (χ1n) is 11.2. The Hall–Kier alpha value is -1.70. The minimum atomic E-state index is -1.56. The number of nitrogens with two attached hydrogens (primary N) is 1. The first-order chi connectivity index (χ1) is 14.3. The van der Waals surface area contributed by atoms with E-state index in [2.05, 4.69) is 24.1 Å². The van der Waals surface area contributed by atoms with Gasteiger partial charge in [-0.15, -0.1) is 0 Å². The quantitative estimate of drug-likeness (QED) is 0.307. The van der Waals surface area contributed by atoms with Gasteiger partial charge in [-0.2, -0.15) is 0 Å². The number of likely N-dealkylation sites (tertiary alicyclic amines) is 1. The number of nitrogens with zero attached hydrogens (tertiary/aromatic N) is 1. The van der Waals surface area contributed by atoms with Gasteiger partial charge in [0.2, 0.25) is 0 Å². The number of nitrogens with one attached hydrogen (secondary N) is 1. The molecule has 1 aliphatic heterocycles. The monoisotopic (exact) mass is 415 g/mol. The van der Waals surface area contributed by atoms with E-state index in [1.807, 2.05) is 0 Å². The first-order valence-corrected chi connectivity index (χ1v) is 11.2. The molecule has 0 amide bonds. The highest BCUT2D eigenvalue weighted by Crippen LogP contribution is 2.79. The highest BCUT2D eigenvalue weighted by Gasteiger charge is 2.79. The smallest absolute Gasteiger partial charge is 0.293 e. The van der Waals surface area contributed by atoms with Crippen LogP contribution in [0.3, 0.4) is 0 Å². The fourth-order valence-corrected chi connectivity index (χ4v) is 8.84. The number of carbonyl (C=O) groups excluding carboxylic acids is 1. The zero-order valence-electron chi connectivity index (χ0n) is 18.1. The maximum atomic E-state index is 12.4. The number of carboxylic acid groups (broad SMARTS) is 1. The van der Waals surface area contributed by atoms with Crippen LogP contribution in [-0.4, -0.2) is 56.5 Å². The number of aliphatic imine (C=N–C) groups is 1. The van der Waals surface area contributed by atoms with E-state index >= 15 is 0 Å². The molecule has 4 aliphatic carbocycles. The second-order valence-electron chi connectivity index (χ2n) is 10.2. The number of carboxylic acids is 1. The van der Waals surface area contributed by atoms with Crippen LogP contribution in [0.4, 0.5) is 0 Å². The molecule has 3 fully saturated rings. The normalized spacial score (nSPS) is 49.2. The molecule has 1 unspecified atom stereocenters. The number of guanidine groups is 1. The number of quaternary nitrogens is 1. The maximum Gasteiger partial charge on any atom is 0.293 e. The Morgan fingerprint density at radius 2 is 2.17 bits per heavy atom. The molecule has 2 saturated carbocycles. The molecule has 5 rings (SSSR count). The number of rotatable bonds is 3. The summed E-state index contributed by atoms with van der Waals surface area (Å²) in [4.78, 5) is 17.9. The van der Waals surface area contributed by atoms with Crippen LogP contribution in [0, 0.1) is 34.5 Å². The van der Waals surface area contributed by atoms with E-state index in [-0.39, 0.29) is 29.4 Å². The van der Waals surface area contributed by atoms with Gasteiger partial charge in [0, 0.05) is 42.9 Å². The number of aliphatic carboxylic acids is 1. The summed E-state index contributed by atoms with van der Waals surface area (Å²) in [5.74, 6) is 0.0797. The lowest BCUT2D eigenvalue weighted by atomic mass is 9.40. The first kappa shape index (κ1) is 20.2. The number of allylic oxidation sites excluding steroid dienone is 2. The van der Waals surface area contributed by atoms with Gasteiger partial charge in [-0.3, -0.25) is 4.90 Å². The van der Waals surface area contributed by atoms with Crippen molar-refractivity contribution in [3.05, 3.63) is 23.3 Å². The summed E-state index contributed by atoms with van der Waals surface area (Å²) in [5, 5.41) is 24.3. The molecular formula is C23H33N3O4. The molecule has 30 heavy (non-hydrogen) atoms. The van der Waals surface area contributed by atoms with Gasteiger partial charge in [0.15, 0.2) is 0 Å². The molecule has 2 spiro atoms. The summed E-state index contributed by atoms with van der Waals surface area (Å²) in [7, 11) is 3.25. The molecule has 4 N–H and O–H groups in total. The third kappa shape index (κ3) is 2.02. The zero-order valence-corrected chi connectivity index (χ0v) is 18.1. The summed E-state index contributed by atoms with van der Waals surface area (Å²) in [6.45, 7) is 3.98. The van der Waals surface area contributed by atoms with E-state index in [9.17, 15) is 15.0 Å². The lowest BCUT2D eigenvalue weighted by Crippen LogP contribution is -3.19. The molecule has 7 heteroatoms. The summed E-state index contributed by atoms with van der Waals surface area (Å²) in [6.07, 6.45) is 8.24. The highest BCUT2D eigenvalue weighted by molar-refractivity contribution is 5.91. The van der Waals surface area contributed by atoms with Crippen molar-refractivity contribution in [3.63, 3.8) is 0 Å². The van der Waals surface area contributed by atoms with Crippen LogP contribution < -0.4 is 15.7 Å². The number of piperidine rings is 1. The molecule has 164 valence electrons. The number of hydrogen-bond donors (Lipinski definition) is 3. The van der Waals surface area contributed by atoms with E-state index in [1.54, 1.807) is 7.05 Å². The van der Waals surface area contributed by atoms with Crippen LogP contribution in [0.1, 0.15) is 32.6 Å². The Morgan fingerprint density at radius 3 is 2.83 bits per heavy atom. The van der Waals surface area contributed by atoms with Crippen molar-refractivity contribution in [1.82, 2.24) is 0 Å². The molecular weight excluding hydrogens is 382 g/mol. The van der Waals surface area contributed by atoms with Gasteiger partial charge in [0.25, 0.3) is 5.96 Å². The molecule has 0 aromatic heterocycles. The minimum Gasteiger partial charge on any atom is -0.545 e. The predicted molar refractivity (Wildman–Crippen MR) is 109 cm³/mol. The van der Waals surface area contributed by atoms with Crippen LogP contribution >= 0.6 is 0 Å². The molecule has 8 atom stereocenters. The highest BCUT2D eigenvalue weighted by atomic mass is 16.5. The van der Waals surface area contributed by atoms with Crippen LogP contribution in [0.2, 0.25) is 0 Å². The van der Waals surface area contributed by atoms with Gasteiger partial charge in [0.1, 0.15) is 5.60 Å². The standard InChI is InChI=1S/C23H33N3O4/c1-13-4-5-15-10-16-18(19(27)28)22(29,12-30-3)17-7-6-14-8-9-26(20(24)25-2)11-21(14,15)23(13,16)17/h6-7,13-15,17,29H,4-5,8-12H2,1-3H3,(H2,24,25)(H,27,28)/t13-,14-,15-,17-,21+,22-,23+/m1/s1. The van der Waals surface area contributed by atoms with Crippen LogP contribution in [0.25, 0.3) is 0 Å². The van der Waals surface area contributed by atoms with Crippen molar-refractivity contribution in [2.75, 3.05) is 33.9 Å². The summed E-state index contributed by atoms with van der Waals surface area (Å²) in [5.41, 5.74) is 5.26. The molecule has 5 aliphatic rings. The Kier molecular flexibility index (Phi) is 4.32. The summed E-state index contributed by atoms with van der Waals surface area (Å²) >= 11 is 0. The molecule has 0 aromatic rings. The molecule has 7 nitrogen and oxygen atoms in total. The lowest BCUT2D eigenvalue weighted by molar-refractivity contribution is -0.828. The molecule has 2 bridgehead atoms. The van der Waals surface area contributed by atoms with Crippen molar-refractivity contribution in [2.45, 2.75) is 38.2 Å². The van der Waals surface area contributed by atoms with Gasteiger partial charge in [-0.1, -0.05) is 24.6 Å². The van der Waals surface area contributed by atoms with E-state index < -0.39 is 17.0 Å². The van der Waals surface area contributed by atoms with E-state index in [4.69, 9.17) is 10.5 Å². The number of ether oxygens (including phenoxy) is 1. The van der Waals surface area contributed by atoms with E-state index in [0.717, 1.165) is 44.3 Å². The number of carbonyl (C=O) groups is 1. The minimum absolute atomic E-state index is 0.0379. The van der Waals surface area contributed by atoms with Gasteiger partial charge in [-0.05, 0) is 37.0 Å². The molecule has 1 heterocycles. The van der Waals surface area contributed by atoms with Gasteiger partial charge >= 0.3 is 0 Å². The van der Waals surface area contributed by atoms with Gasteiger partial charge in [0.05, 0.1) is 25.7 Å². The predicted octanol–water partition coefficient (Wildman–Crippen LogP) is -1.12. The zero-order chi connectivity index (χ0) is 21.5. The molecule has 0 radical (unpaired) electrons. The van der Waals surface area contributed by atoms with Crippen LogP contribution in [-0.2, 0) is 9.53 Å². The molecule has 1 saturated heterocycles. The van der Waals surface area contributed by atoms with E-state index in [1.165, 1.54) is 12.0 Å². The molecule has 0 aromatic carbocycles. The average Bonchev–Trinajstić information content (AvgIpc) is 3.05. The van der Waals surface area contributed by atoms with Crippen molar-refractivity contribution in [2.24, 2.45) is 45.2 Å². The Morgan fingerprint density at radius 1 is 1.40 bits per heavy atom. The Balaban J connectivity index is 1.79. The third-order valence-electron chi connectivity index (χ3n) is 9.55. The number of aliphatic hydroxyl groups is 1. The summed E-state index contributed by atoms with van der Waals surface area (Å²) in [6, 6.07) is 0. The van der Waals surface area contributed by atoms with Crippen molar-refractivity contribution >= 4 is 11.9 Å². The van der Waals surface area contributed by atoms with Crippen LogP contribution in [0.5, 0.6) is 0 Å². The van der Waals surface area contributed by atoms with Crippen molar-refractivity contribution in [3.8, 4) is 0 Å². The van der Waals surface area contributed by atoms with Crippen LogP contribution in [0.15, 0.2) is 28.3 Å². The SMILES string of the molecule is CN=C(N)[NH+]1CC[C@H]2C=C[C@H]3[C@@]45C(=C(C(=O)[O-])[C@@]3(O)COC)C[C@@H](CC[C@H]4C)[C@]25C1. The van der Waals surface area contributed by atoms with Crippen molar-refractivity contribution < 1.29 is 24.6 Å². The number of methoxy groups -OCH3 is 1. The Bertz CT molecular complexity index is 882. The lowest BCUT2D eigenvalue weighted by Gasteiger charge is -2.64.